The molecule has 2 amide bonds. The van der Waals surface area contributed by atoms with Gasteiger partial charge in [0, 0.05) is 72.6 Å². The number of aromatic nitrogens is 2. The Bertz CT molecular complexity index is 2080. The van der Waals surface area contributed by atoms with Crippen LogP contribution in [0, 0.1) is 5.92 Å². The molecule has 2 aromatic carbocycles. The van der Waals surface area contributed by atoms with Gasteiger partial charge in [-0.1, -0.05) is 36.4 Å². The standard InChI is InChI=1S/C42H46ClF3N6O7/c1-3-35(27-10-12-30(43)13-11-27)58-26(2)21-51-15-16-52(33(23-51)41(56)49-25-42(44,45)46)22-31(53)17-29(18-38-48-20-37(59-38)28-7-6-14-47-19-28)40(55)50-39-32-8-4-5-9-36(32)57-24-34(39)54/h3-14,19-20,29,31,33-34,39,53-54H,2,15-18,21-25H2,1H3,(H,49,56)(H,50,55)/b35-3-/t29-,31?,33-,34+,39-/m0/s1. The van der Waals surface area contributed by atoms with E-state index >= 15 is 0 Å². The van der Waals surface area contributed by atoms with Crippen LogP contribution in [-0.4, -0.2) is 112 Å². The molecular formula is C42H46ClF3N6O7. The van der Waals surface area contributed by atoms with Gasteiger partial charge in [-0.25, -0.2) is 4.98 Å². The minimum Gasteiger partial charge on any atom is -0.490 e. The lowest BCUT2D eigenvalue weighted by Gasteiger charge is -2.41. The minimum absolute atomic E-state index is 0.00328. The first-order valence-corrected chi connectivity index (χ1v) is 19.5. The lowest BCUT2D eigenvalue weighted by molar-refractivity contribution is -0.143. The average Bonchev–Trinajstić information content (AvgIpc) is 3.69. The first-order valence-electron chi connectivity index (χ1n) is 19.1. The van der Waals surface area contributed by atoms with Crippen molar-refractivity contribution in [2.24, 2.45) is 5.92 Å². The Morgan fingerprint density at radius 3 is 2.63 bits per heavy atom. The number of rotatable bonds is 16. The molecule has 4 N–H and O–H groups in total. The summed E-state index contributed by atoms with van der Waals surface area (Å²) in [7, 11) is 0. The van der Waals surface area contributed by atoms with Crippen molar-refractivity contribution in [3.05, 3.63) is 120 Å². The van der Waals surface area contributed by atoms with Gasteiger partial charge in [0.15, 0.2) is 11.7 Å². The summed E-state index contributed by atoms with van der Waals surface area (Å²) in [6.07, 6.45) is -0.624. The van der Waals surface area contributed by atoms with Crippen LogP contribution in [0.1, 0.15) is 36.4 Å². The summed E-state index contributed by atoms with van der Waals surface area (Å²) in [5.74, 6) is -0.304. The number of carbonyl (C=O) groups excluding carboxylic acids is 2. The number of nitrogens with zero attached hydrogens (tertiary/aromatic N) is 4. The number of alkyl halides is 3. The van der Waals surface area contributed by atoms with Crippen molar-refractivity contribution in [2.45, 2.75) is 50.2 Å². The van der Waals surface area contributed by atoms with E-state index in [1.54, 1.807) is 91.0 Å². The smallest absolute Gasteiger partial charge is 0.405 e. The van der Waals surface area contributed by atoms with Crippen LogP contribution in [-0.2, 0) is 20.7 Å². The first-order chi connectivity index (χ1) is 28.3. The summed E-state index contributed by atoms with van der Waals surface area (Å²) in [5, 5.41) is 27.9. The van der Waals surface area contributed by atoms with Crippen molar-refractivity contribution in [3.8, 4) is 17.1 Å². The number of pyridine rings is 1. The molecule has 17 heteroatoms. The summed E-state index contributed by atoms with van der Waals surface area (Å²) < 4.78 is 57.4. The molecule has 4 heterocycles. The number of amides is 2. The lowest BCUT2D eigenvalue weighted by Crippen LogP contribution is -2.61. The number of benzene rings is 2. The molecule has 1 fully saturated rings. The van der Waals surface area contributed by atoms with Gasteiger partial charge in [-0.05, 0) is 61.9 Å². The van der Waals surface area contributed by atoms with Crippen LogP contribution in [0.5, 0.6) is 5.75 Å². The number of hydrogen-bond acceptors (Lipinski definition) is 11. The zero-order valence-electron chi connectivity index (χ0n) is 32.3. The van der Waals surface area contributed by atoms with Gasteiger partial charge in [0.25, 0.3) is 0 Å². The number of β-amino-alcohol motifs (C(OH)–C–C–N with tert-alkyl or cyclic N) is 1. The molecule has 6 rings (SSSR count). The van der Waals surface area contributed by atoms with E-state index in [1.807, 2.05) is 10.2 Å². The third-order valence-corrected chi connectivity index (χ3v) is 10.3. The van der Waals surface area contributed by atoms with Crippen LogP contribution in [0.2, 0.25) is 5.02 Å². The van der Waals surface area contributed by atoms with E-state index in [0.717, 1.165) is 5.56 Å². The molecule has 0 spiro atoms. The number of aliphatic hydroxyl groups is 2. The van der Waals surface area contributed by atoms with Gasteiger partial charge in [-0.3, -0.25) is 24.4 Å². The highest BCUT2D eigenvalue weighted by molar-refractivity contribution is 6.30. The van der Waals surface area contributed by atoms with E-state index in [1.165, 1.54) is 6.20 Å². The van der Waals surface area contributed by atoms with E-state index in [-0.39, 0.29) is 51.5 Å². The van der Waals surface area contributed by atoms with Crippen molar-refractivity contribution in [1.29, 1.82) is 0 Å². The maximum atomic E-state index is 14.1. The fourth-order valence-electron chi connectivity index (χ4n) is 7.14. The van der Waals surface area contributed by atoms with E-state index in [2.05, 4.69) is 21.9 Å². The number of ether oxygens (including phenoxy) is 2. The molecule has 0 radical (unpaired) electrons. The third kappa shape index (κ3) is 11.9. The van der Waals surface area contributed by atoms with Crippen LogP contribution < -0.4 is 15.4 Å². The molecule has 1 unspecified atom stereocenters. The third-order valence-electron chi connectivity index (χ3n) is 10.0. The number of nitrogens with one attached hydrogen (secondary N) is 2. The molecule has 0 aliphatic carbocycles. The summed E-state index contributed by atoms with van der Waals surface area (Å²) in [4.78, 5) is 39.4. The summed E-state index contributed by atoms with van der Waals surface area (Å²) in [5.41, 5.74) is 2.01. The van der Waals surface area contributed by atoms with E-state index in [0.29, 0.717) is 45.7 Å². The normalized spacial score (nSPS) is 19.8. The number of halogens is 4. The Morgan fingerprint density at radius 1 is 1.12 bits per heavy atom. The summed E-state index contributed by atoms with van der Waals surface area (Å²) >= 11 is 6.03. The molecule has 59 heavy (non-hydrogen) atoms. The molecule has 2 aromatic heterocycles. The van der Waals surface area contributed by atoms with Crippen molar-refractivity contribution in [3.63, 3.8) is 0 Å². The summed E-state index contributed by atoms with van der Waals surface area (Å²) in [6, 6.07) is 15.7. The van der Waals surface area contributed by atoms with Crippen LogP contribution >= 0.6 is 11.6 Å². The number of fused-ring (bicyclic) bond motifs is 1. The van der Waals surface area contributed by atoms with Crippen molar-refractivity contribution in [2.75, 3.05) is 45.9 Å². The largest absolute Gasteiger partial charge is 0.490 e. The molecule has 13 nitrogen and oxygen atoms in total. The molecule has 1 saturated heterocycles. The van der Waals surface area contributed by atoms with E-state index < -0.39 is 54.7 Å². The predicted octanol–water partition coefficient (Wildman–Crippen LogP) is 5.17. The van der Waals surface area contributed by atoms with Crippen molar-refractivity contribution < 1.29 is 46.9 Å². The van der Waals surface area contributed by atoms with Crippen molar-refractivity contribution >= 4 is 29.2 Å². The second-order valence-electron chi connectivity index (χ2n) is 14.4. The monoisotopic (exact) mass is 838 g/mol. The summed E-state index contributed by atoms with van der Waals surface area (Å²) in [6.45, 7) is 4.85. The fourth-order valence-corrected chi connectivity index (χ4v) is 7.26. The Morgan fingerprint density at radius 2 is 1.90 bits per heavy atom. The van der Waals surface area contributed by atoms with Gasteiger partial charge in [0.2, 0.25) is 11.8 Å². The van der Waals surface area contributed by atoms with Crippen LogP contribution in [0.25, 0.3) is 17.1 Å². The van der Waals surface area contributed by atoms with E-state index in [4.69, 9.17) is 25.5 Å². The Balaban J connectivity index is 1.16. The van der Waals surface area contributed by atoms with Crippen LogP contribution in [0.3, 0.4) is 0 Å². The maximum Gasteiger partial charge on any atom is 0.405 e. The van der Waals surface area contributed by atoms with Gasteiger partial charge in [-0.15, -0.1) is 0 Å². The molecular weight excluding hydrogens is 793 g/mol. The van der Waals surface area contributed by atoms with E-state index in [9.17, 15) is 33.0 Å². The highest BCUT2D eigenvalue weighted by Gasteiger charge is 2.38. The maximum absolute atomic E-state index is 14.1. The Hall–Kier alpha value is -5.26. The minimum atomic E-state index is -4.64. The second-order valence-corrected chi connectivity index (χ2v) is 14.9. The molecule has 314 valence electrons. The zero-order valence-corrected chi connectivity index (χ0v) is 33.0. The van der Waals surface area contributed by atoms with Crippen LogP contribution in [0.4, 0.5) is 13.2 Å². The fraction of sp³-hybridized carbons (Fsp3) is 0.381. The molecule has 2 aliphatic heterocycles. The first kappa shape index (κ1) is 43.3. The van der Waals surface area contributed by atoms with Crippen molar-refractivity contribution in [1.82, 2.24) is 30.4 Å². The van der Waals surface area contributed by atoms with Gasteiger partial charge < -0.3 is 34.7 Å². The van der Waals surface area contributed by atoms with Crippen LogP contribution in [0.15, 0.2) is 102 Å². The lowest BCUT2D eigenvalue weighted by atomic mass is 9.93. The number of carbonyl (C=O) groups is 2. The molecule has 2 aliphatic rings. The number of hydrogen-bond donors (Lipinski definition) is 4. The predicted molar refractivity (Wildman–Crippen MR) is 213 cm³/mol. The Kier molecular flexibility index (Phi) is 14.4. The number of allylic oxidation sites excluding steroid dienone is 1. The number of piperazine rings is 1. The second kappa shape index (κ2) is 19.7. The van der Waals surface area contributed by atoms with Gasteiger partial charge in [0.1, 0.15) is 42.6 Å². The highest BCUT2D eigenvalue weighted by atomic mass is 35.5. The number of para-hydroxylation sites is 1. The number of oxazole rings is 1. The van der Waals surface area contributed by atoms with Gasteiger partial charge in [0.05, 0.1) is 24.9 Å². The number of aliphatic hydroxyl groups excluding tert-OH is 2. The molecule has 0 saturated carbocycles. The highest BCUT2D eigenvalue weighted by Crippen LogP contribution is 2.33. The average molecular weight is 839 g/mol. The van der Waals surface area contributed by atoms with Gasteiger partial charge in [-0.2, -0.15) is 13.2 Å². The molecule has 4 aromatic rings. The Labute approximate surface area is 344 Å². The SMILES string of the molecule is C=C(CN1CCN(CC(O)C[C@@H](Cc2ncc(-c3cccnc3)o2)C(=O)N[C@H]2c3ccccc3OC[C@H]2O)[C@H](C(=O)NCC(F)(F)F)C1)O/C(=C\C)c1ccc(Cl)cc1. The quantitative estimate of drug-likeness (QED) is 0.110. The zero-order chi connectivity index (χ0) is 42.1. The topological polar surface area (TPSA) is 163 Å². The molecule has 0 bridgehead atoms. The molecule has 5 atom stereocenters. The van der Waals surface area contributed by atoms with Gasteiger partial charge >= 0.3 is 6.18 Å².